The summed E-state index contributed by atoms with van der Waals surface area (Å²) in [6.45, 7) is 3.55. The minimum atomic E-state index is -0.274. The Morgan fingerprint density at radius 1 is 1.16 bits per heavy atom. The molecule has 25 heavy (non-hydrogen) atoms. The maximum absolute atomic E-state index is 12.3. The number of halogens is 2. The summed E-state index contributed by atoms with van der Waals surface area (Å²) in [6, 6.07) is 4.99. The molecule has 3 rings (SSSR count). The normalized spacial score (nSPS) is 21.4. The second kappa shape index (κ2) is 8.36. The summed E-state index contributed by atoms with van der Waals surface area (Å²) in [6.07, 6.45) is 1.49. The lowest BCUT2D eigenvalue weighted by Gasteiger charge is -2.35. The average Bonchev–Trinajstić information content (AvgIpc) is 3.13. The number of nitrogens with one attached hydrogen (secondary N) is 1. The number of benzene rings is 1. The van der Waals surface area contributed by atoms with Crippen LogP contribution in [0.1, 0.15) is 12.8 Å². The van der Waals surface area contributed by atoms with E-state index in [1.807, 2.05) is 9.80 Å². The summed E-state index contributed by atoms with van der Waals surface area (Å²) in [5.74, 6) is -0.0327. The Hall–Kier alpha value is -1.34. The van der Waals surface area contributed by atoms with E-state index in [4.69, 9.17) is 27.9 Å². The first-order chi connectivity index (χ1) is 12.0. The van der Waals surface area contributed by atoms with Gasteiger partial charge in [-0.3, -0.25) is 14.5 Å². The van der Waals surface area contributed by atoms with Crippen molar-refractivity contribution < 1.29 is 14.3 Å². The van der Waals surface area contributed by atoms with Crippen molar-refractivity contribution in [3.05, 3.63) is 28.2 Å². The number of amides is 2. The lowest BCUT2D eigenvalue weighted by atomic mass is 10.2. The summed E-state index contributed by atoms with van der Waals surface area (Å²) >= 11 is 11.8. The highest BCUT2D eigenvalue weighted by molar-refractivity contribution is 6.42. The van der Waals surface area contributed by atoms with Crippen molar-refractivity contribution in [3.63, 3.8) is 0 Å². The minimum absolute atomic E-state index is 0.0809. The lowest BCUT2D eigenvalue weighted by molar-refractivity contribution is -0.142. The summed E-state index contributed by atoms with van der Waals surface area (Å²) in [4.78, 5) is 28.4. The number of piperazine rings is 1. The van der Waals surface area contributed by atoms with Crippen LogP contribution < -0.4 is 5.32 Å². The molecule has 6 nitrogen and oxygen atoms in total. The van der Waals surface area contributed by atoms with Gasteiger partial charge in [-0.2, -0.15) is 0 Å². The monoisotopic (exact) mass is 385 g/mol. The zero-order valence-electron chi connectivity index (χ0n) is 13.8. The molecule has 0 aromatic heterocycles. The van der Waals surface area contributed by atoms with E-state index in [2.05, 4.69) is 5.32 Å². The average molecular weight is 386 g/mol. The number of nitrogens with zero attached hydrogens (tertiary/aromatic N) is 2. The van der Waals surface area contributed by atoms with Crippen molar-refractivity contribution >= 4 is 40.7 Å². The van der Waals surface area contributed by atoms with Crippen LogP contribution in [0, 0.1) is 0 Å². The number of hydrogen-bond donors (Lipinski definition) is 1. The van der Waals surface area contributed by atoms with Crippen molar-refractivity contribution in [2.75, 3.05) is 44.6 Å². The van der Waals surface area contributed by atoms with Crippen molar-refractivity contribution in [1.29, 1.82) is 0 Å². The summed E-state index contributed by atoms with van der Waals surface area (Å²) in [5.41, 5.74) is 0.617. The highest BCUT2D eigenvalue weighted by Crippen LogP contribution is 2.25. The second-order valence-corrected chi connectivity index (χ2v) is 7.09. The van der Waals surface area contributed by atoms with Crippen LogP contribution in [0.2, 0.25) is 10.0 Å². The molecule has 1 aromatic carbocycles. The molecule has 2 heterocycles. The van der Waals surface area contributed by atoms with Gasteiger partial charge in [0.15, 0.2) is 0 Å². The van der Waals surface area contributed by atoms with E-state index in [0.717, 1.165) is 12.8 Å². The molecule has 0 saturated carbocycles. The molecule has 1 N–H and O–H groups in total. The number of anilines is 1. The lowest BCUT2D eigenvalue weighted by Crippen LogP contribution is -2.52. The van der Waals surface area contributed by atoms with E-state index < -0.39 is 0 Å². The molecule has 2 fully saturated rings. The largest absolute Gasteiger partial charge is 0.368 e. The fourth-order valence-electron chi connectivity index (χ4n) is 3.08. The van der Waals surface area contributed by atoms with Gasteiger partial charge in [0.2, 0.25) is 5.91 Å². The third-order valence-electron chi connectivity index (χ3n) is 4.46. The first-order valence-electron chi connectivity index (χ1n) is 8.40. The maximum atomic E-state index is 12.3. The standard InChI is InChI=1S/C17H21Cl2N3O3/c18-13-4-3-12(10-14(13)19)20-16(23)11-21-5-7-22(8-6-21)17(24)15-2-1-9-25-15/h3-4,10,15H,1-2,5-9,11H2,(H,20,23)/t15-/m1/s1. The van der Waals surface area contributed by atoms with E-state index in [0.29, 0.717) is 48.5 Å². The van der Waals surface area contributed by atoms with Crippen molar-refractivity contribution in [2.45, 2.75) is 18.9 Å². The Bertz CT molecular complexity index is 642. The van der Waals surface area contributed by atoms with Crippen LogP contribution in [0.4, 0.5) is 5.69 Å². The predicted molar refractivity (Wildman–Crippen MR) is 97.1 cm³/mol. The molecule has 0 aliphatic carbocycles. The van der Waals surface area contributed by atoms with Gasteiger partial charge in [0.25, 0.3) is 5.91 Å². The third-order valence-corrected chi connectivity index (χ3v) is 5.20. The Morgan fingerprint density at radius 2 is 1.92 bits per heavy atom. The third kappa shape index (κ3) is 4.85. The molecular formula is C17H21Cl2N3O3. The molecule has 8 heteroatoms. The topological polar surface area (TPSA) is 61.9 Å². The summed E-state index contributed by atoms with van der Waals surface area (Å²) < 4.78 is 5.45. The van der Waals surface area contributed by atoms with E-state index >= 15 is 0 Å². The molecule has 0 radical (unpaired) electrons. The SMILES string of the molecule is O=C(CN1CCN(C(=O)[C@H]2CCCO2)CC1)Nc1ccc(Cl)c(Cl)c1. The first kappa shape index (κ1) is 18.5. The van der Waals surface area contributed by atoms with Gasteiger partial charge in [-0.15, -0.1) is 0 Å². The van der Waals surface area contributed by atoms with Gasteiger partial charge in [-0.25, -0.2) is 0 Å². The Kier molecular flexibility index (Phi) is 6.17. The van der Waals surface area contributed by atoms with Crippen LogP contribution in [0.15, 0.2) is 18.2 Å². The number of ether oxygens (including phenoxy) is 1. The molecule has 136 valence electrons. The molecule has 1 atom stereocenters. The Balaban J connectivity index is 1.44. The van der Waals surface area contributed by atoms with E-state index in [-0.39, 0.29) is 24.5 Å². The van der Waals surface area contributed by atoms with Crippen molar-refractivity contribution in [1.82, 2.24) is 9.80 Å². The van der Waals surface area contributed by atoms with Gasteiger partial charge in [0.1, 0.15) is 6.10 Å². The molecule has 2 amide bonds. The number of carbonyl (C=O) groups is 2. The second-order valence-electron chi connectivity index (χ2n) is 6.28. The fourth-order valence-corrected chi connectivity index (χ4v) is 3.38. The van der Waals surface area contributed by atoms with E-state index in [9.17, 15) is 9.59 Å². The minimum Gasteiger partial charge on any atom is -0.368 e. The van der Waals surface area contributed by atoms with Gasteiger partial charge < -0.3 is 15.0 Å². The summed E-state index contributed by atoms with van der Waals surface area (Å²) in [5, 5.41) is 3.67. The molecule has 0 unspecified atom stereocenters. The maximum Gasteiger partial charge on any atom is 0.251 e. The smallest absolute Gasteiger partial charge is 0.251 e. The number of hydrogen-bond acceptors (Lipinski definition) is 4. The van der Waals surface area contributed by atoms with E-state index in [1.54, 1.807) is 18.2 Å². The fraction of sp³-hybridized carbons (Fsp3) is 0.529. The Morgan fingerprint density at radius 3 is 2.56 bits per heavy atom. The molecule has 1 aromatic rings. The van der Waals surface area contributed by atoms with Gasteiger partial charge in [-0.1, -0.05) is 23.2 Å². The first-order valence-corrected chi connectivity index (χ1v) is 9.16. The zero-order valence-corrected chi connectivity index (χ0v) is 15.4. The van der Waals surface area contributed by atoms with Gasteiger partial charge >= 0.3 is 0 Å². The predicted octanol–water partition coefficient (Wildman–Crippen LogP) is 2.26. The summed E-state index contributed by atoms with van der Waals surface area (Å²) in [7, 11) is 0. The van der Waals surface area contributed by atoms with E-state index in [1.165, 1.54) is 0 Å². The number of rotatable bonds is 4. The van der Waals surface area contributed by atoms with Gasteiger partial charge in [-0.05, 0) is 31.0 Å². The van der Waals surface area contributed by atoms with Crippen molar-refractivity contribution in [2.24, 2.45) is 0 Å². The molecule has 2 saturated heterocycles. The van der Waals surface area contributed by atoms with Crippen molar-refractivity contribution in [3.8, 4) is 0 Å². The zero-order chi connectivity index (χ0) is 17.8. The van der Waals surface area contributed by atoms with Gasteiger partial charge in [0.05, 0.1) is 16.6 Å². The molecule has 0 bridgehead atoms. The molecule has 2 aliphatic heterocycles. The van der Waals surface area contributed by atoms with Crippen LogP contribution in [0.3, 0.4) is 0 Å². The molecule has 0 spiro atoms. The highest BCUT2D eigenvalue weighted by Gasteiger charge is 2.30. The number of carbonyl (C=O) groups excluding carboxylic acids is 2. The highest BCUT2D eigenvalue weighted by atomic mass is 35.5. The van der Waals surface area contributed by atoms with Crippen LogP contribution in [0.25, 0.3) is 0 Å². The molecule has 2 aliphatic rings. The van der Waals surface area contributed by atoms with Crippen LogP contribution in [-0.2, 0) is 14.3 Å². The van der Waals surface area contributed by atoms with Crippen LogP contribution in [-0.4, -0.2) is 67.0 Å². The quantitative estimate of drug-likeness (QED) is 0.863. The molecular weight excluding hydrogens is 365 g/mol. The van der Waals surface area contributed by atoms with Crippen LogP contribution in [0.5, 0.6) is 0 Å². The van der Waals surface area contributed by atoms with Gasteiger partial charge in [0, 0.05) is 38.5 Å². The van der Waals surface area contributed by atoms with Crippen LogP contribution >= 0.6 is 23.2 Å². The Labute approximate surface area is 157 Å².